The summed E-state index contributed by atoms with van der Waals surface area (Å²) in [7, 11) is 0. The lowest BCUT2D eigenvalue weighted by atomic mass is 9.99. The molecule has 8 nitrogen and oxygen atoms in total. The van der Waals surface area contributed by atoms with Crippen LogP contribution >= 0.6 is 11.6 Å². The van der Waals surface area contributed by atoms with E-state index in [-0.39, 0.29) is 16.9 Å². The van der Waals surface area contributed by atoms with Gasteiger partial charge in [-0.05, 0) is 56.4 Å². The van der Waals surface area contributed by atoms with Gasteiger partial charge in [-0.2, -0.15) is 5.26 Å². The minimum atomic E-state index is -1.17. The minimum absolute atomic E-state index is 0.113. The number of nitrogens with one attached hydrogen (secondary N) is 1. The highest BCUT2D eigenvalue weighted by molar-refractivity contribution is 6.29. The Hall–Kier alpha value is -3.44. The van der Waals surface area contributed by atoms with Crippen molar-refractivity contribution in [1.82, 2.24) is 15.0 Å². The van der Waals surface area contributed by atoms with E-state index in [1.807, 2.05) is 26.0 Å². The van der Waals surface area contributed by atoms with Gasteiger partial charge in [0.05, 0.1) is 22.8 Å². The first-order chi connectivity index (χ1) is 15.8. The highest BCUT2D eigenvalue weighted by atomic mass is 35.5. The molecular weight excluding hydrogens is 440 g/mol. The van der Waals surface area contributed by atoms with Crippen LogP contribution in [0.1, 0.15) is 60.0 Å². The number of hydrogen-bond donors (Lipinski definition) is 2. The smallest absolute Gasteiger partial charge is 0.356 e. The maximum atomic E-state index is 11.7. The summed E-state index contributed by atoms with van der Waals surface area (Å²) in [5, 5.41) is 22.6. The Morgan fingerprint density at radius 2 is 2.00 bits per heavy atom. The largest absolute Gasteiger partial charge is 0.476 e. The van der Waals surface area contributed by atoms with Crippen LogP contribution in [0, 0.1) is 24.2 Å². The predicted octanol–water partition coefficient (Wildman–Crippen LogP) is 4.97. The lowest BCUT2D eigenvalue weighted by Crippen LogP contribution is -2.34. The summed E-state index contributed by atoms with van der Waals surface area (Å²) in [6, 6.07) is 8.98. The number of carboxylic acids is 1. The van der Waals surface area contributed by atoms with Crippen molar-refractivity contribution in [2.75, 3.05) is 23.3 Å². The molecule has 33 heavy (non-hydrogen) atoms. The second kappa shape index (κ2) is 9.20. The zero-order valence-corrected chi connectivity index (χ0v) is 19.5. The summed E-state index contributed by atoms with van der Waals surface area (Å²) in [5.41, 5.74) is 3.69. The van der Waals surface area contributed by atoms with Crippen LogP contribution in [-0.2, 0) is 0 Å². The number of rotatable bonds is 5. The Balaban J connectivity index is 1.78. The van der Waals surface area contributed by atoms with Crippen LogP contribution in [0.3, 0.4) is 0 Å². The number of hydrogen-bond acceptors (Lipinski definition) is 7. The van der Waals surface area contributed by atoms with Crippen LogP contribution in [0.15, 0.2) is 24.3 Å². The molecule has 1 aliphatic rings. The van der Waals surface area contributed by atoms with Crippen LogP contribution in [0.25, 0.3) is 11.0 Å². The molecule has 1 aliphatic heterocycles. The van der Waals surface area contributed by atoms with E-state index in [0.717, 1.165) is 37.1 Å². The van der Waals surface area contributed by atoms with Crippen LogP contribution in [-0.4, -0.2) is 39.1 Å². The highest BCUT2D eigenvalue weighted by Gasteiger charge is 2.23. The van der Waals surface area contributed by atoms with Gasteiger partial charge >= 0.3 is 5.97 Å². The molecule has 1 saturated heterocycles. The molecule has 0 saturated carbocycles. The summed E-state index contributed by atoms with van der Waals surface area (Å²) in [6.45, 7) is 7.79. The van der Waals surface area contributed by atoms with Crippen LogP contribution < -0.4 is 10.2 Å². The van der Waals surface area contributed by atoms with E-state index in [9.17, 15) is 15.2 Å². The van der Waals surface area contributed by atoms with Crippen molar-refractivity contribution in [3.8, 4) is 6.07 Å². The number of benzene rings is 1. The van der Waals surface area contributed by atoms with E-state index < -0.39 is 5.97 Å². The maximum Gasteiger partial charge on any atom is 0.356 e. The molecule has 3 heterocycles. The van der Waals surface area contributed by atoms with Gasteiger partial charge in [-0.25, -0.2) is 19.7 Å². The number of aromatic carboxylic acids is 1. The Labute approximate surface area is 197 Å². The summed E-state index contributed by atoms with van der Waals surface area (Å²) < 4.78 is 0. The van der Waals surface area contributed by atoms with Crippen molar-refractivity contribution in [3.05, 3.63) is 51.9 Å². The monoisotopic (exact) mass is 464 g/mol. The molecule has 0 aliphatic carbocycles. The quantitative estimate of drug-likeness (QED) is 0.508. The fourth-order valence-electron chi connectivity index (χ4n) is 4.20. The third-order valence-electron chi connectivity index (χ3n) is 6.02. The summed E-state index contributed by atoms with van der Waals surface area (Å²) in [4.78, 5) is 27.3. The van der Waals surface area contributed by atoms with E-state index >= 15 is 0 Å². The van der Waals surface area contributed by atoms with Gasteiger partial charge in [0.25, 0.3) is 0 Å². The van der Waals surface area contributed by atoms with Gasteiger partial charge in [-0.1, -0.05) is 24.6 Å². The zero-order valence-electron chi connectivity index (χ0n) is 18.8. The Kier molecular flexibility index (Phi) is 6.34. The van der Waals surface area contributed by atoms with Crippen LogP contribution in [0.4, 0.5) is 11.5 Å². The maximum absolute atomic E-state index is 11.7. The van der Waals surface area contributed by atoms with Crippen LogP contribution in [0.2, 0.25) is 5.15 Å². The molecule has 1 aromatic carbocycles. The number of aromatic nitrogens is 3. The van der Waals surface area contributed by atoms with Gasteiger partial charge in [-0.3, -0.25) is 0 Å². The van der Waals surface area contributed by atoms with E-state index in [1.54, 1.807) is 12.1 Å². The average Bonchev–Trinajstić information content (AvgIpc) is 2.79. The molecule has 0 bridgehead atoms. The molecule has 1 atom stereocenters. The number of carboxylic acid groups (broad SMARTS) is 1. The third kappa shape index (κ3) is 4.69. The molecule has 0 amide bonds. The highest BCUT2D eigenvalue weighted by Crippen LogP contribution is 2.31. The fourth-order valence-corrected chi connectivity index (χ4v) is 4.34. The molecule has 0 spiro atoms. The fraction of sp³-hybridized carbons (Fsp3) is 0.375. The number of pyridine rings is 1. The number of piperidine rings is 1. The van der Waals surface area contributed by atoms with E-state index in [1.165, 1.54) is 0 Å². The number of fused-ring (bicyclic) bond motifs is 1. The number of carbonyl (C=O) groups is 1. The molecule has 3 aromatic rings. The molecule has 2 aromatic heterocycles. The lowest BCUT2D eigenvalue weighted by Gasteiger charge is -2.31. The van der Waals surface area contributed by atoms with Crippen molar-refractivity contribution >= 4 is 40.1 Å². The average molecular weight is 465 g/mol. The Morgan fingerprint density at radius 3 is 2.67 bits per heavy atom. The number of halogens is 1. The first-order valence-corrected chi connectivity index (χ1v) is 11.3. The second-order valence-electron chi connectivity index (χ2n) is 8.60. The summed E-state index contributed by atoms with van der Waals surface area (Å²) in [5.74, 6) is 0.0917. The molecular formula is C24H25ClN6O2. The van der Waals surface area contributed by atoms with Gasteiger partial charge in [-0.15, -0.1) is 0 Å². The lowest BCUT2D eigenvalue weighted by molar-refractivity contribution is 0.0691. The van der Waals surface area contributed by atoms with Crippen molar-refractivity contribution in [2.45, 2.75) is 39.7 Å². The zero-order chi connectivity index (χ0) is 23.7. The van der Waals surface area contributed by atoms with Gasteiger partial charge in [0.15, 0.2) is 17.2 Å². The molecule has 1 fully saturated rings. The number of aryl methyl sites for hydroxylation is 1. The van der Waals surface area contributed by atoms with E-state index in [2.05, 4.69) is 33.2 Å². The van der Waals surface area contributed by atoms with Gasteiger partial charge < -0.3 is 15.3 Å². The molecule has 2 N–H and O–H groups in total. The predicted molar refractivity (Wildman–Crippen MR) is 128 cm³/mol. The molecule has 9 heteroatoms. The summed E-state index contributed by atoms with van der Waals surface area (Å²) in [6.07, 6.45) is 2.09. The molecule has 170 valence electrons. The second-order valence-corrected chi connectivity index (χ2v) is 8.99. The number of nitriles is 1. The minimum Gasteiger partial charge on any atom is -0.476 e. The Morgan fingerprint density at radius 1 is 1.27 bits per heavy atom. The first-order valence-electron chi connectivity index (χ1n) is 10.9. The number of nitrogens with zero attached hydrogens (tertiary/aromatic N) is 5. The van der Waals surface area contributed by atoms with E-state index in [0.29, 0.717) is 34.2 Å². The van der Waals surface area contributed by atoms with Crippen molar-refractivity contribution < 1.29 is 9.90 Å². The van der Waals surface area contributed by atoms with E-state index in [4.69, 9.17) is 16.6 Å². The normalized spacial score (nSPS) is 15.3. The number of anilines is 2. The first kappa shape index (κ1) is 22.7. The van der Waals surface area contributed by atoms with Crippen molar-refractivity contribution in [1.29, 1.82) is 5.26 Å². The van der Waals surface area contributed by atoms with Gasteiger partial charge in [0.2, 0.25) is 0 Å². The van der Waals surface area contributed by atoms with Gasteiger partial charge in [0.1, 0.15) is 11.2 Å². The molecule has 0 radical (unpaired) electrons. The van der Waals surface area contributed by atoms with Crippen molar-refractivity contribution in [3.63, 3.8) is 0 Å². The standard InChI is InChI=1S/C24H25ClN6O2/c1-13-6-8-31(9-7-13)23-19(12-26)28-18-11-14(2)10-16(21(18)30-23)15(3)27-17-4-5-20(25)29-22(17)24(32)33/h4-5,10-11,13,15,27H,6-9H2,1-3H3,(H,32,33)/t15-/m1/s1. The van der Waals surface area contributed by atoms with Crippen molar-refractivity contribution in [2.24, 2.45) is 5.92 Å². The summed E-state index contributed by atoms with van der Waals surface area (Å²) >= 11 is 5.89. The molecule has 0 unspecified atom stereocenters. The topological polar surface area (TPSA) is 115 Å². The third-order valence-corrected chi connectivity index (χ3v) is 6.23. The SMILES string of the molecule is Cc1cc([C@@H](C)Nc2ccc(Cl)nc2C(=O)O)c2nc(N3CCC(C)CC3)c(C#N)nc2c1. The van der Waals surface area contributed by atoms with Crippen LogP contribution in [0.5, 0.6) is 0 Å². The molecule has 4 rings (SSSR count). The van der Waals surface area contributed by atoms with Gasteiger partial charge in [0, 0.05) is 18.7 Å². The Bertz CT molecular complexity index is 1260.